The van der Waals surface area contributed by atoms with Gasteiger partial charge in [0, 0.05) is 23.8 Å². The van der Waals surface area contributed by atoms with Crippen LogP contribution >= 0.6 is 0 Å². The minimum atomic E-state index is -0.427. The molecule has 3 atom stereocenters. The molecule has 1 aromatic rings. The molecule has 4 rings (SSSR count). The Bertz CT molecular complexity index is 862. The first-order chi connectivity index (χ1) is 15.5. The van der Waals surface area contributed by atoms with Crippen LogP contribution in [0.5, 0.6) is 5.75 Å². The van der Waals surface area contributed by atoms with Crippen LogP contribution in [0.3, 0.4) is 0 Å². The van der Waals surface area contributed by atoms with Crippen molar-refractivity contribution in [2.75, 3.05) is 13.1 Å². The van der Waals surface area contributed by atoms with E-state index in [9.17, 15) is 9.59 Å². The summed E-state index contributed by atoms with van der Waals surface area (Å²) in [6.07, 6.45) is 8.55. The molecule has 0 radical (unpaired) electrons. The number of nitrogens with zero attached hydrogens (tertiary/aromatic N) is 2. The molecule has 1 N–H and O–H groups in total. The van der Waals surface area contributed by atoms with Gasteiger partial charge in [0.1, 0.15) is 17.9 Å². The SMILES string of the molecule is C=C1CCC(N2Cc3cc(O[C@H]4CCCC[C@@H]4N(CCC)CCC)ccc3C2=O)C(=O)N1. The van der Waals surface area contributed by atoms with Crippen LogP contribution in [-0.4, -0.2) is 52.9 Å². The van der Waals surface area contributed by atoms with Crippen molar-refractivity contribution in [3.8, 4) is 5.75 Å². The van der Waals surface area contributed by atoms with E-state index in [4.69, 9.17) is 4.74 Å². The lowest BCUT2D eigenvalue weighted by Crippen LogP contribution is -2.49. The molecule has 2 aliphatic heterocycles. The molecule has 2 heterocycles. The average Bonchev–Trinajstić information content (AvgIpc) is 3.09. The molecular formula is C26H37N3O3. The van der Waals surface area contributed by atoms with E-state index in [-0.39, 0.29) is 17.9 Å². The highest BCUT2D eigenvalue weighted by molar-refractivity contribution is 6.01. The van der Waals surface area contributed by atoms with Gasteiger partial charge in [0.25, 0.3) is 5.91 Å². The summed E-state index contributed by atoms with van der Waals surface area (Å²) in [7, 11) is 0. The van der Waals surface area contributed by atoms with Crippen molar-refractivity contribution in [2.24, 2.45) is 0 Å². The van der Waals surface area contributed by atoms with Crippen molar-refractivity contribution in [3.05, 3.63) is 41.6 Å². The topological polar surface area (TPSA) is 61.9 Å². The Kier molecular flexibility index (Phi) is 7.19. The summed E-state index contributed by atoms with van der Waals surface area (Å²) in [4.78, 5) is 29.7. The Morgan fingerprint density at radius 1 is 1.12 bits per heavy atom. The zero-order valence-corrected chi connectivity index (χ0v) is 19.6. The Morgan fingerprint density at radius 2 is 1.88 bits per heavy atom. The highest BCUT2D eigenvalue weighted by Crippen LogP contribution is 2.33. The number of ether oxygens (including phenoxy) is 1. The number of hydrogen-bond acceptors (Lipinski definition) is 4. The number of piperidine rings is 1. The minimum Gasteiger partial charge on any atom is -0.489 e. The average molecular weight is 440 g/mol. The van der Waals surface area contributed by atoms with Crippen molar-refractivity contribution in [1.29, 1.82) is 0 Å². The molecule has 6 nitrogen and oxygen atoms in total. The molecule has 2 amide bonds. The third kappa shape index (κ3) is 4.70. The first-order valence-corrected chi connectivity index (χ1v) is 12.3. The Morgan fingerprint density at radius 3 is 2.59 bits per heavy atom. The van der Waals surface area contributed by atoms with Crippen LogP contribution in [0.4, 0.5) is 0 Å². The number of fused-ring (bicyclic) bond motifs is 1. The standard InChI is InChI=1S/C26H37N3O3/c1-4-14-28(15-5-2)22-8-6-7-9-24(22)32-20-11-12-21-19(16-20)17-29(26(21)31)23-13-10-18(3)27-25(23)30/h11-12,16,22-24H,3-10,13-15,17H2,1-2H3,(H,27,30)/t22-,23?,24-/m0/s1. The second kappa shape index (κ2) is 10.1. The van der Waals surface area contributed by atoms with E-state index in [0.717, 1.165) is 49.4 Å². The smallest absolute Gasteiger partial charge is 0.255 e. The molecule has 32 heavy (non-hydrogen) atoms. The van der Waals surface area contributed by atoms with Crippen LogP contribution in [0.2, 0.25) is 0 Å². The zero-order chi connectivity index (χ0) is 22.7. The fraction of sp³-hybridized carbons (Fsp3) is 0.615. The maximum absolute atomic E-state index is 13.0. The number of nitrogens with one attached hydrogen (secondary N) is 1. The van der Waals surface area contributed by atoms with Crippen LogP contribution in [0, 0.1) is 0 Å². The Labute approximate surface area is 192 Å². The lowest BCUT2D eigenvalue weighted by atomic mass is 9.90. The van der Waals surface area contributed by atoms with Gasteiger partial charge in [-0.05, 0) is 81.8 Å². The van der Waals surface area contributed by atoms with E-state index >= 15 is 0 Å². The van der Waals surface area contributed by atoms with Gasteiger partial charge in [0.15, 0.2) is 0 Å². The summed E-state index contributed by atoms with van der Waals surface area (Å²) in [6, 6.07) is 5.85. The molecule has 0 spiro atoms. The third-order valence-corrected chi connectivity index (χ3v) is 7.05. The molecule has 1 unspecified atom stereocenters. The molecule has 3 aliphatic rings. The van der Waals surface area contributed by atoms with E-state index in [1.807, 2.05) is 18.2 Å². The summed E-state index contributed by atoms with van der Waals surface area (Å²) < 4.78 is 6.56. The molecule has 1 saturated carbocycles. The number of amides is 2. The van der Waals surface area contributed by atoms with E-state index in [0.29, 0.717) is 31.0 Å². The largest absolute Gasteiger partial charge is 0.489 e. The Hall–Kier alpha value is -2.34. The second-order valence-corrected chi connectivity index (χ2v) is 9.44. The van der Waals surface area contributed by atoms with Gasteiger partial charge in [-0.1, -0.05) is 26.8 Å². The van der Waals surface area contributed by atoms with Gasteiger partial charge in [-0.3, -0.25) is 14.5 Å². The highest BCUT2D eigenvalue weighted by atomic mass is 16.5. The second-order valence-electron chi connectivity index (χ2n) is 9.44. The summed E-state index contributed by atoms with van der Waals surface area (Å²) in [6.45, 7) is 11.0. The van der Waals surface area contributed by atoms with Crippen LogP contribution in [0.1, 0.15) is 81.1 Å². The van der Waals surface area contributed by atoms with Gasteiger partial charge in [-0.15, -0.1) is 0 Å². The maximum Gasteiger partial charge on any atom is 0.255 e. The van der Waals surface area contributed by atoms with Crippen molar-refractivity contribution in [3.63, 3.8) is 0 Å². The van der Waals surface area contributed by atoms with Gasteiger partial charge < -0.3 is 15.0 Å². The molecular weight excluding hydrogens is 402 g/mol. The van der Waals surface area contributed by atoms with Crippen molar-refractivity contribution < 1.29 is 14.3 Å². The zero-order valence-electron chi connectivity index (χ0n) is 19.6. The van der Waals surface area contributed by atoms with E-state index in [2.05, 4.69) is 30.6 Å². The summed E-state index contributed by atoms with van der Waals surface area (Å²) in [5.41, 5.74) is 2.37. The van der Waals surface area contributed by atoms with Crippen LogP contribution in [-0.2, 0) is 11.3 Å². The predicted molar refractivity (Wildman–Crippen MR) is 125 cm³/mol. The van der Waals surface area contributed by atoms with Crippen molar-refractivity contribution in [2.45, 2.75) is 89.9 Å². The molecule has 174 valence electrons. The molecule has 2 fully saturated rings. The van der Waals surface area contributed by atoms with E-state index in [1.165, 1.54) is 19.3 Å². The summed E-state index contributed by atoms with van der Waals surface area (Å²) >= 11 is 0. The monoisotopic (exact) mass is 439 g/mol. The number of carbonyl (C=O) groups is 2. The molecule has 0 bridgehead atoms. The Balaban J connectivity index is 1.47. The number of hydrogen-bond donors (Lipinski definition) is 1. The molecule has 1 aliphatic carbocycles. The third-order valence-electron chi connectivity index (χ3n) is 7.05. The lowest BCUT2D eigenvalue weighted by Gasteiger charge is -2.39. The first-order valence-electron chi connectivity index (χ1n) is 12.3. The van der Waals surface area contributed by atoms with Crippen molar-refractivity contribution in [1.82, 2.24) is 15.1 Å². The predicted octanol–water partition coefficient (Wildman–Crippen LogP) is 4.25. The van der Waals surface area contributed by atoms with Gasteiger partial charge in [0.2, 0.25) is 5.91 Å². The van der Waals surface area contributed by atoms with Gasteiger partial charge in [0.05, 0.1) is 0 Å². The fourth-order valence-electron chi connectivity index (χ4n) is 5.53. The van der Waals surface area contributed by atoms with E-state index < -0.39 is 6.04 Å². The molecule has 0 aromatic heterocycles. The summed E-state index contributed by atoms with van der Waals surface area (Å²) in [5.74, 6) is 0.646. The molecule has 1 aromatic carbocycles. The normalized spacial score (nSPS) is 25.8. The first kappa shape index (κ1) is 22.8. The fourth-order valence-corrected chi connectivity index (χ4v) is 5.53. The lowest BCUT2D eigenvalue weighted by molar-refractivity contribution is -0.126. The maximum atomic E-state index is 13.0. The molecule has 6 heteroatoms. The number of carbonyl (C=O) groups excluding carboxylic acids is 2. The minimum absolute atomic E-state index is 0.0631. The quantitative estimate of drug-likeness (QED) is 0.658. The van der Waals surface area contributed by atoms with Gasteiger partial charge in [-0.25, -0.2) is 0 Å². The van der Waals surface area contributed by atoms with Crippen LogP contribution < -0.4 is 10.1 Å². The van der Waals surface area contributed by atoms with Crippen LogP contribution in [0.25, 0.3) is 0 Å². The summed E-state index contributed by atoms with van der Waals surface area (Å²) in [5, 5.41) is 2.80. The van der Waals surface area contributed by atoms with Gasteiger partial charge in [-0.2, -0.15) is 0 Å². The number of rotatable bonds is 8. The highest BCUT2D eigenvalue weighted by Gasteiger charge is 2.38. The van der Waals surface area contributed by atoms with Gasteiger partial charge >= 0.3 is 0 Å². The molecule has 1 saturated heterocycles. The van der Waals surface area contributed by atoms with E-state index in [1.54, 1.807) is 4.90 Å². The van der Waals surface area contributed by atoms with Crippen molar-refractivity contribution >= 4 is 11.8 Å². The number of benzene rings is 1. The van der Waals surface area contributed by atoms with Crippen LogP contribution in [0.15, 0.2) is 30.5 Å². The number of allylic oxidation sites excluding steroid dienone is 1.